The summed E-state index contributed by atoms with van der Waals surface area (Å²) in [5, 5.41) is 3.36. The maximum absolute atomic E-state index is 12.1. The number of amides is 1. The third kappa shape index (κ3) is 3.23. The first-order valence-corrected chi connectivity index (χ1v) is 7.36. The van der Waals surface area contributed by atoms with Crippen molar-refractivity contribution in [2.24, 2.45) is 17.8 Å². The van der Waals surface area contributed by atoms with Crippen molar-refractivity contribution in [3.63, 3.8) is 0 Å². The fourth-order valence-electron chi connectivity index (χ4n) is 2.72. The molecular formula is C13H19Cl2N3O. The summed E-state index contributed by atoms with van der Waals surface area (Å²) in [6, 6.07) is 0.182. The van der Waals surface area contributed by atoms with Crippen LogP contribution in [0.25, 0.3) is 0 Å². The van der Waals surface area contributed by atoms with Crippen LogP contribution < -0.4 is 5.32 Å². The van der Waals surface area contributed by atoms with Crippen molar-refractivity contribution >= 4 is 29.1 Å². The molecule has 1 heterocycles. The van der Waals surface area contributed by atoms with E-state index in [0.29, 0.717) is 17.8 Å². The van der Waals surface area contributed by atoms with Crippen molar-refractivity contribution in [1.29, 1.82) is 0 Å². The van der Waals surface area contributed by atoms with Gasteiger partial charge in [0.05, 0.1) is 0 Å². The summed E-state index contributed by atoms with van der Waals surface area (Å²) in [6.07, 6.45) is 2.13. The Morgan fingerprint density at radius 2 is 1.84 bits per heavy atom. The molecule has 0 saturated heterocycles. The molecule has 0 aliphatic heterocycles. The van der Waals surface area contributed by atoms with E-state index in [1.165, 1.54) is 0 Å². The molecule has 4 nitrogen and oxygen atoms in total. The highest BCUT2D eigenvalue weighted by Crippen LogP contribution is 2.33. The minimum absolute atomic E-state index is 0.130. The van der Waals surface area contributed by atoms with Crippen LogP contribution in [0.3, 0.4) is 0 Å². The van der Waals surface area contributed by atoms with Crippen LogP contribution in [0.2, 0.25) is 10.3 Å². The molecule has 106 valence electrons. The summed E-state index contributed by atoms with van der Waals surface area (Å²) >= 11 is 11.5. The first-order valence-electron chi connectivity index (χ1n) is 6.60. The first-order chi connectivity index (χ1) is 8.88. The summed E-state index contributed by atoms with van der Waals surface area (Å²) in [6.45, 7) is 6.68. The quantitative estimate of drug-likeness (QED) is 0.878. The Labute approximate surface area is 123 Å². The minimum Gasteiger partial charge on any atom is -0.346 e. The zero-order chi connectivity index (χ0) is 14.2. The lowest BCUT2D eigenvalue weighted by atomic mass is 9.73. The Morgan fingerprint density at radius 3 is 2.42 bits per heavy atom. The number of carbonyl (C=O) groups is 1. The van der Waals surface area contributed by atoms with E-state index in [0.717, 1.165) is 12.8 Å². The molecule has 4 atom stereocenters. The van der Waals surface area contributed by atoms with Crippen molar-refractivity contribution in [1.82, 2.24) is 15.3 Å². The number of H-pyrrole nitrogens is 1. The highest BCUT2D eigenvalue weighted by molar-refractivity contribution is 6.40. The lowest BCUT2D eigenvalue weighted by Gasteiger charge is -2.37. The number of hydrogen-bond donors (Lipinski definition) is 2. The molecule has 0 spiro atoms. The number of rotatable bonds is 2. The molecular weight excluding hydrogens is 285 g/mol. The topological polar surface area (TPSA) is 57.8 Å². The molecule has 2 rings (SSSR count). The van der Waals surface area contributed by atoms with E-state index in [9.17, 15) is 4.79 Å². The maximum atomic E-state index is 12.1. The third-order valence-electron chi connectivity index (χ3n) is 4.18. The molecule has 1 aliphatic carbocycles. The molecule has 1 amide bonds. The zero-order valence-electron chi connectivity index (χ0n) is 11.3. The molecule has 1 aromatic heterocycles. The standard InChI is InChI=1S/C13H19Cl2N3O/c1-6-4-8(3)9(5-7(6)2)16-13(19)12-17-10(14)11(15)18-12/h6-9H,4-5H2,1-3H3,(H,16,19)(H,17,18)/t6-,7+,8+,9+/m1/s1. The first kappa shape index (κ1) is 14.7. The summed E-state index contributed by atoms with van der Waals surface area (Å²) in [4.78, 5) is 18.7. The van der Waals surface area contributed by atoms with Gasteiger partial charge in [0.15, 0.2) is 11.0 Å². The second-order valence-corrected chi connectivity index (χ2v) is 6.41. The number of nitrogens with zero attached hydrogens (tertiary/aromatic N) is 1. The maximum Gasteiger partial charge on any atom is 0.287 e. The van der Waals surface area contributed by atoms with E-state index in [2.05, 4.69) is 36.1 Å². The lowest BCUT2D eigenvalue weighted by Crippen LogP contribution is -2.45. The van der Waals surface area contributed by atoms with Gasteiger partial charge in [0.1, 0.15) is 5.15 Å². The van der Waals surface area contributed by atoms with Crippen LogP contribution >= 0.6 is 23.2 Å². The minimum atomic E-state index is -0.243. The summed E-state index contributed by atoms with van der Waals surface area (Å²) in [5.41, 5.74) is 0. The lowest BCUT2D eigenvalue weighted by molar-refractivity contribution is 0.0862. The molecule has 1 aliphatic rings. The Bertz CT molecular complexity index is 455. The van der Waals surface area contributed by atoms with Gasteiger partial charge in [-0.2, -0.15) is 0 Å². The molecule has 6 heteroatoms. The van der Waals surface area contributed by atoms with Crippen molar-refractivity contribution in [2.45, 2.75) is 39.7 Å². The van der Waals surface area contributed by atoms with E-state index in [4.69, 9.17) is 23.2 Å². The van der Waals surface area contributed by atoms with Crippen molar-refractivity contribution in [3.8, 4) is 0 Å². The molecule has 0 aromatic carbocycles. The fraction of sp³-hybridized carbons (Fsp3) is 0.692. The van der Waals surface area contributed by atoms with Crippen LogP contribution in [0.5, 0.6) is 0 Å². The Hall–Kier alpha value is -0.740. The van der Waals surface area contributed by atoms with Gasteiger partial charge in [0, 0.05) is 6.04 Å². The number of hydrogen-bond acceptors (Lipinski definition) is 2. The van der Waals surface area contributed by atoms with Gasteiger partial charge in [-0.05, 0) is 30.6 Å². The van der Waals surface area contributed by atoms with Crippen LogP contribution in [0, 0.1) is 17.8 Å². The molecule has 1 fully saturated rings. The third-order valence-corrected chi connectivity index (χ3v) is 4.82. The van der Waals surface area contributed by atoms with Crippen molar-refractivity contribution < 1.29 is 4.79 Å². The monoisotopic (exact) mass is 303 g/mol. The predicted molar refractivity (Wildman–Crippen MR) is 76.6 cm³/mol. The zero-order valence-corrected chi connectivity index (χ0v) is 12.8. The number of aromatic amines is 1. The Balaban J connectivity index is 2.02. The number of carbonyl (C=O) groups excluding carboxylic acids is 1. The molecule has 0 radical (unpaired) electrons. The number of halogens is 2. The van der Waals surface area contributed by atoms with Gasteiger partial charge in [-0.25, -0.2) is 4.98 Å². The molecule has 0 bridgehead atoms. The van der Waals surface area contributed by atoms with Crippen LogP contribution in [-0.2, 0) is 0 Å². The Morgan fingerprint density at radius 1 is 1.21 bits per heavy atom. The molecule has 2 N–H and O–H groups in total. The summed E-state index contributed by atoms with van der Waals surface area (Å²) in [7, 11) is 0. The van der Waals surface area contributed by atoms with E-state index >= 15 is 0 Å². The van der Waals surface area contributed by atoms with Crippen LogP contribution in [0.15, 0.2) is 0 Å². The Kier molecular flexibility index (Phi) is 4.41. The van der Waals surface area contributed by atoms with Gasteiger partial charge in [-0.1, -0.05) is 44.0 Å². The molecule has 19 heavy (non-hydrogen) atoms. The smallest absolute Gasteiger partial charge is 0.287 e. The van der Waals surface area contributed by atoms with Gasteiger partial charge in [-0.15, -0.1) is 0 Å². The van der Waals surface area contributed by atoms with Gasteiger partial charge in [-0.3, -0.25) is 4.79 Å². The van der Waals surface area contributed by atoms with E-state index in [1.807, 2.05) is 0 Å². The summed E-state index contributed by atoms with van der Waals surface area (Å²) in [5.74, 6) is 1.72. The SMILES string of the molecule is C[C@@H]1C[C@H](C)[C@@H](NC(=O)c2nc(Cl)c(Cl)[nH]2)C[C@@H]1C. The van der Waals surface area contributed by atoms with Gasteiger partial charge >= 0.3 is 0 Å². The van der Waals surface area contributed by atoms with Gasteiger partial charge < -0.3 is 10.3 Å². The average Bonchev–Trinajstić information content (AvgIpc) is 2.67. The van der Waals surface area contributed by atoms with Crippen LogP contribution in [0.1, 0.15) is 44.2 Å². The predicted octanol–water partition coefficient (Wildman–Crippen LogP) is 3.52. The highest BCUT2D eigenvalue weighted by atomic mass is 35.5. The van der Waals surface area contributed by atoms with E-state index in [-0.39, 0.29) is 28.1 Å². The van der Waals surface area contributed by atoms with Gasteiger partial charge in [0.2, 0.25) is 0 Å². The second-order valence-electron chi connectivity index (χ2n) is 5.67. The van der Waals surface area contributed by atoms with Crippen LogP contribution in [0.4, 0.5) is 0 Å². The molecule has 1 saturated carbocycles. The second kappa shape index (κ2) is 5.71. The largest absolute Gasteiger partial charge is 0.346 e. The van der Waals surface area contributed by atoms with E-state index in [1.54, 1.807) is 0 Å². The number of aromatic nitrogens is 2. The fourth-order valence-corrected chi connectivity index (χ4v) is 2.99. The normalized spacial score (nSPS) is 31.2. The highest BCUT2D eigenvalue weighted by Gasteiger charge is 2.31. The number of nitrogens with one attached hydrogen (secondary N) is 2. The van der Waals surface area contributed by atoms with E-state index < -0.39 is 0 Å². The van der Waals surface area contributed by atoms with Crippen molar-refractivity contribution in [2.75, 3.05) is 0 Å². The van der Waals surface area contributed by atoms with Gasteiger partial charge in [0.25, 0.3) is 5.91 Å². The van der Waals surface area contributed by atoms with Crippen LogP contribution in [-0.4, -0.2) is 21.9 Å². The molecule has 1 aromatic rings. The molecule has 0 unspecified atom stereocenters. The number of imidazole rings is 1. The van der Waals surface area contributed by atoms with Crippen molar-refractivity contribution in [3.05, 3.63) is 16.1 Å². The summed E-state index contributed by atoms with van der Waals surface area (Å²) < 4.78 is 0. The average molecular weight is 304 g/mol.